The van der Waals surface area contributed by atoms with Gasteiger partial charge in [0.15, 0.2) is 16.5 Å². The highest BCUT2D eigenvalue weighted by atomic mass is 35.5. The summed E-state index contributed by atoms with van der Waals surface area (Å²) in [6.07, 6.45) is 1.22. The van der Waals surface area contributed by atoms with E-state index in [1.54, 1.807) is 0 Å². The zero-order valence-electron chi connectivity index (χ0n) is 11.5. The van der Waals surface area contributed by atoms with E-state index in [4.69, 9.17) is 26.2 Å². The van der Waals surface area contributed by atoms with Crippen LogP contribution in [0.2, 0.25) is 5.02 Å². The molecule has 0 fully saturated rings. The van der Waals surface area contributed by atoms with E-state index < -0.39 is 26.6 Å². The third-order valence-corrected chi connectivity index (χ3v) is 5.14. The number of aromatic carboxylic acids is 1. The van der Waals surface area contributed by atoms with E-state index in [0.29, 0.717) is 11.5 Å². The van der Waals surface area contributed by atoms with Crippen molar-refractivity contribution < 1.29 is 27.8 Å². The molecule has 1 aliphatic heterocycles. The Bertz CT molecular complexity index is 896. The summed E-state index contributed by atoms with van der Waals surface area (Å²) in [4.78, 5) is 14.9. The minimum Gasteiger partial charge on any atom is -0.478 e. The van der Waals surface area contributed by atoms with Crippen molar-refractivity contribution in [2.45, 2.75) is 10.8 Å². The van der Waals surface area contributed by atoms with E-state index in [1.807, 2.05) is 0 Å². The molecule has 0 radical (unpaired) electrons. The fourth-order valence-corrected chi connectivity index (χ4v) is 3.94. The number of fused-ring (bicyclic) bond motifs is 1. The monoisotopic (exact) mass is 355 g/mol. The van der Waals surface area contributed by atoms with Crippen molar-refractivity contribution in [1.82, 2.24) is 4.98 Å². The van der Waals surface area contributed by atoms with Crippen molar-refractivity contribution in [2.75, 3.05) is 6.79 Å². The topological polar surface area (TPSA) is 103 Å². The molecule has 2 aromatic rings. The first-order valence-corrected chi connectivity index (χ1v) is 8.40. The zero-order valence-corrected chi connectivity index (χ0v) is 13.1. The molecule has 0 saturated carbocycles. The number of benzene rings is 1. The number of carboxylic acids is 1. The van der Waals surface area contributed by atoms with Gasteiger partial charge in [0.05, 0.1) is 11.3 Å². The van der Waals surface area contributed by atoms with Crippen LogP contribution >= 0.6 is 11.6 Å². The van der Waals surface area contributed by atoms with Gasteiger partial charge < -0.3 is 14.6 Å². The summed E-state index contributed by atoms with van der Waals surface area (Å²) in [6.45, 7) is 0.0330. The highest BCUT2D eigenvalue weighted by Gasteiger charge is 2.26. The minimum absolute atomic E-state index is 0.0330. The van der Waals surface area contributed by atoms with Gasteiger partial charge in [-0.1, -0.05) is 11.6 Å². The molecule has 7 nitrogen and oxygen atoms in total. The maximum absolute atomic E-state index is 12.5. The lowest BCUT2D eigenvalue weighted by molar-refractivity contribution is 0.0691. The van der Waals surface area contributed by atoms with Crippen LogP contribution in [0.4, 0.5) is 0 Å². The fraction of sp³-hybridized carbons (Fsp3) is 0.143. The second kappa shape index (κ2) is 5.71. The number of hydrogen-bond acceptors (Lipinski definition) is 6. The molecular weight excluding hydrogens is 346 g/mol. The van der Waals surface area contributed by atoms with E-state index in [-0.39, 0.29) is 22.9 Å². The Morgan fingerprint density at radius 2 is 2.00 bits per heavy atom. The Hall–Kier alpha value is -2.32. The maximum Gasteiger partial charge on any atom is 0.338 e. The summed E-state index contributed by atoms with van der Waals surface area (Å²) in [5.41, 5.74) is -0.109. The quantitative estimate of drug-likeness (QED) is 0.896. The predicted molar refractivity (Wildman–Crippen MR) is 79.7 cm³/mol. The Morgan fingerprint density at radius 3 is 2.70 bits per heavy atom. The molecule has 2 heterocycles. The number of sulfone groups is 1. The van der Waals surface area contributed by atoms with Crippen LogP contribution in [0, 0.1) is 0 Å². The van der Waals surface area contributed by atoms with E-state index in [1.165, 1.54) is 30.5 Å². The van der Waals surface area contributed by atoms with E-state index >= 15 is 0 Å². The zero-order chi connectivity index (χ0) is 16.6. The van der Waals surface area contributed by atoms with Gasteiger partial charge in [0.1, 0.15) is 0 Å². The molecule has 120 valence electrons. The number of nitrogens with zero attached hydrogens (tertiary/aromatic N) is 1. The first-order chi connectivity index (χ1) is 10.9. The maximum atomic E-state index is 12.5. The molecule has 0 amide bonds. The lowest BCUT2D eigenvalue weighted by Gasteiger charge is -2.09. The Kier molecular flexibility index (Phi) is 3.87. The van der Waals surface area contributed by atoms with Crippen LogP contribution < -0.4 is 9.47 Å². The molecular formula is C14H10ClNO6S. The standard InChI is InChI=1S/C14H10ClNO6S/c15-10-5-12-11(21-7-22-12)4-8(10)6-23(19,20)13-9(14(17)18)2-1-3-16-13/h1-5H,6-7H2,(H,17,18). The van der Waals surface area contributed by atoms with Gasteiger partial charge in [0, 0.05) is 17.3 Å². The molecule has 1 N–H and O–H groups in total. The van der Waals surface area contributed by atoms with Gasteiger partial charge in [-0.15, -0.1) is 0 Å². The summed E-state index contributed by atoms with van der Waals surface area (Å²) in [7, 11) is -4.00. The number of rotatable bonds is 4. The number of carbonyl (C=O) groups is 1. The van der Waals surface area contributed by atoms with Gasteiger partial charge in [-0.05, 0) is 23.8 Å². The smallest absolute Gasteiger partial charge is 0.338 e. The average molecular weight is 356 g/mol. The van der Waals surface area contributed by atoms with E-state index in [9.17, 15) is 13.2 Å². The lowest BCUT2D eigenvalue weighted by atomic mass is 10.2. The van der Waals surface area contributed by atoms with E-state index in [0.717, 1.165) is 0 Å². The summed E-state index contributed by atoms with van der Waals surface area (Å²) < 4.78 is 35.4. The third-order valence-electron chi connectivity index (χ3n) is 3.18. The van der Waals surface area contributed by atoms with Crippen molar-refractivity contribution in [3.63, 3.8) is 0 Å². The molecule has 23 heavy (non-hydrogen) atoms. The van der Waals surface area contributed by atoms with Gasteiger partial charge in [-0.3, -0.25) is 0 Å². The molecule has 1 aromatic carbocycles. The number of aromatic nitrogens is 1. The molecule has 0 aliphatic carbocycles. The SMILES string of the molecule is O=C(O)c1cccnc1S(=O)(=O)Cc1cc2c(cc1Cl)OCO2. The molecule has 9 heteroatoms. The average Bonchev–Trinajstić information content (AvgIpc) is 2.94. The lowest BCUT2D eigenvalue weighted by Crippen LogP contribution is -2.13. The van der Waals surface area contributed by atoms with Gasteiger partial charge in [-0.25, -0.2) is 18.2 Å². The first kappa shape index (κ1) is 15.6. The normalized spacial score (nSPS) is 13.1. The number of carboxylic acid groups (broad SMARTS) is 1. The molecule has 0 atom stereocenters. The summed E-state index contributed by atoms with van der Waals surface area (Å²) in [5.74, 6) is -1.05. The third kappa shape index (κ3) is 2.95. The minimum atomic E-state index is -4.00. The Balaban J connectivity index is 2.01. The van der Waals surface area contributed by atoms with Crippen LogP contribution in [0.1, 0.15) is 15.9 Å². The molecule has 0 unspecified atom stereocenters. The van der Waals surface area contributed by atoms with Gasteiger partial charge in [0.2, 0.25) is 16.6 Å². The van der Waals surface area contributed by atoms with Crippen molar-refractivity contribution in [1.29, 1.82) is 0 Å². The second-order valence-corrected chi connectivity index (χ2v) is 7.03. The van der Waals surface area contributed by atoms with Crippen LogP contribution in [0.3, 0.4) is 0 Å². The largest absolute Gasteiger partial charge is 0.478 e. The molecule has 0 saturated heterocycles. The molecule has 0 bridgehead atoms. The van der Waals surface area contributed by atoms with E-state index in [2.05, 4.69) is 4.98 Å². The molecule has 0 spiro atoms. The molecule has 1 aliphatic rings. The fourth-order valence-electron chi connectivity index (χ4n) is 2.14. The van der Waals surface area contributed by atoms with Gasteiger partial charge in [-0.2, -0.15) is 0 Å². The van der Waals surface area contributed by atoms with Crippen molar-refractivity contribution in [3.8, 4) is 11.5 Å². The number of halogens is 1. The van der Waals surface area contributed by atoms with Crippen molar-refractivity contribution in [3.05, 3.63) is 46.6 Å². The molecule has 1 aromatic heterocycles. The van der Waals surface area contributed by atoms with Crippen molar-refractivity contribution in [2.24, 2.45) is 0 Å². The highest BCUT2D eigenvalue weighted by Crippen LogP contribution is 2.37. The van der Waals surface area contributed by atoms with Gasteiger partial charge in [0.25, 0.3) is 0 Å². The van der Waals surface area contributed by atoms with Crippen molar-refractivity contribution >= 4 is 27.4 Å². The number of hydrogen-bond donors (Lipinski definition) is 1. The predicted octanol–water partition coefficient (Wildman–Crippen LogP) is 2.14. The highest BCUT2D eigenvalue weighted by molar-refractivity contribution is 7.90. The van der Waals surface area contributed by atoms with Crippen LogP contribution in [-0.4, -0.2) is 31.3 Å². The van der Waals surface area contributed by atoms with Crippen LogP contribution in [0.25, 0.3) is 0 Å². The summed E-state index contributed by atoms with van der Waals surface area (Å²) >= 11 is 6.07. The summed E-state index contributed by atoms with van der Waals surface area (Å²) in [6, 6.07) is 5.47. The summed E-state index contributed by atoms with van der Waals surface area (Å²) in [5, 5.41) is 8.80. The van der Waals surface area contributed by atoms with Gasteiger partial charge >= 0.3 is 5.97 Å². The Labute approximate surface area is 136 Å². The van der Waals surface area contributed by atoms with Crippen LogP contribution in [-0.2, 0) is 15.6 Å². The number of ether oxygens (including phenoxy) is 2. The van der Waals surface area contributed by atoms with Crippen LogP contribution in [0.5, 0.6) is 11.5 Å². The second-order valence-electron chi connectivity index (χ2n) is 4.72. The Morgan fingerprint density at radius 1 is 1.30 bits per heavy atom. The first-order valence-electron chi connectivity index (χ1n) is 6.37. The number of pyridine rings is 1. The van der Waals surface area contributed by atoms with Crippen LogP contribution in [0.15, 0.2) is 35.5 Å². The molecule has 3 rings (SSSR count).